The minimum Gasteiger partial charge on any atom is -0.481 e. The minimum atomic E-state index is -1.88. The maximum Gasteiger partial charge on any atom is 0.310 e. The molecule has 2 saturated carbocycles. The maximum absolute atomic E-state index is 14.2. The van der Waals surface area contributed by atoms with Gasteiger partial charge >= 0.3 is 11.9 Å². The van der Waals surface area contributed by atoms with Gasteiger partial charge in [-0.05, 0) is 18.3 Å². The molecule has 2 unspecified atom stereocenters. The molecular weight excluding hydrogens is 331 g/mol. The largest absolute Gasteiger partial charge is 0.481 e. The highest BCUT2D eigenvalue weighted by atomic mass is 35.5. The van der Waals surface area contributed by atoms with Gasteiger partial charge in [0.1, 0.15) is 11.7 Å². The number of carboxylic acid groups (broad SMARTS) is 2. The van der Waals surface area contributed by atoms with Crippen LogP contribution in [-0.2, 0) is 14.4 Å². The normalized spacial score (nSPS) is 38.6. The smallest absolute Gasteiger partial charge is 0.310 e. The second-order valence-electron chi connectivity index (χ2n) is 6.47. The van der Waals surface area contributed by atoms with Crippen LogP contribution in [0, 0.1) is 29.1 Å². The van der Waals surface area contributed by atoms with E-state index in [9.17, 15) is 29.0 Å². The van der Waals surface area contributed by atoms with Gasteiger partial charge in [-0.25, -0.2) is 4.39 Å². The summed E-state index contributed by atoms with van der Waals surface area (Å²) in [5.74, 6) is -7.86. The van der Waals surface area contributed by atoms with Gasteiger partial charge in [0.2, 0.25) is 5.91 Å². The number of aliphatic carboxylic acids is 2. The molecule has 7 atom stereocenters. The van der Waals surface area contributed by atoms with Crippen LogP contribution in [-0.4, -0.2) is 39.8 Å². The average Bonchev–Trinajstić information content (AvgIpc) is 2.95. The topological polar surface area (TPSA) is 144 Å². The van der Waals surface area contributed by atoms with E-state index in [1.54, 1.807) is 13.8 Å². The second-order valence-corrected chi connectivity index (χ2v) is 6.47. The molecule has 0 heterocycles. The van der Waals surface area contributed by atoms with Crippen molar-refractivity contribution >= 4 is 30.3 Å². The standard InChI is InChI=1S/C14H21FN2O5.ClH/c1-3-5(2)14(17,12(16)22)13-6(8(13)10(18)19)4-7(15)9(13)11(20)21;/h5-9H,3-4,17H2,1-2H3,(H2,16,22)(H,18,19)(H,20,21);1H/t5-,6+,7?,8+,9?,13-,14+;/m0./s1. The molecule has 0 aromatic carbocycles. The van der Waals surface area contributed by atoms with Crippen LogP contribution in [0.15, 0.2) is 0 Å². The molecule has 6 N–H and O–H groups in total. The van der Waals surface area contributed by atoms with E-state index in [4.69, 9.17) is 11.5 Å². The minimum absolute atomic E-state index is 0. The van der Waals surface area contributed by atoms with Crippen molar-refractivity contribution in [2.45, 2.75) is 38.4 Å². The molecule has 0 aromatic heterocycles. The van der Waals surface area contributed by atoms with Crippen molar-refractivity contribution in [1.29, 1.82) is 0 Å². The van der Waals surface area contributed by atoms with Crippen molar-refractivity contribution < 1.29 is 29.0 Å². The first-order valence-electron chi connectivity index (χ1n) is 7.26. The molecule has 0 aliphatic heterocycles. The summed E-state index contributed by atoms with van der Waals surface area (Å²) in [4.78, 5) is 35.1. The van der Waals surface area contributed by atoms with Gasteiger partial charge in [-0.2, -0.15) is 0 Å². The predicted molar refractivity (Wildman–Crippen MR) is 80.5 cm³/mol. The fourth-order valence-electron chi connectivity index (χ4n) is 4.68. The number of amides is 1. The highest BCUT2D eigenvalue weighted by Gasteiger charge is 2.86. The average molecular weight is 353 g/mol. The lowest BCUT2D eigenvalue weighted by Gasteiger charge is -2.42. The number of carbonyl (C=O) groups excluding carboxylic acids is 1. The summed E-state index contributed by atoms with van der Waals surface area (Å²) in [5.41, 5.74) is 8.13. The lowest BCUT2D eigenvalue weighted by atomic mass is 9.64. The zero-order valence-electron chi connectivity index (χ0n) is 12.9. The maximum atomic E-state index is 14.2. The Bertz CT molecular complexity index is 547. The van der Waals surface area contributed by atoms with Crippen molar-refractivity contribution in [3.05, 3.63) is 0 Å². The molecule has 23 heavy (non-hydrogen) atoms. The van der Waals surface area contributed by atoms with Crippen LogP contribution in [0.4, 0.5) is 4.39 Å². The van der Waals surface area contributed by atoms with Crippen LogP contribution in [0.2, 0.25) is 0 Å². The molecule has 2 fully saturated rings. The van der Waals surface area contributed by atoms with Gasteiger partial charge in [-0.3, -0.25) is 14.4 Å². The number of fused-ring (bicyclic) bond motifs is 1. The third-order valence-electron chi connectivity index (χ3n) is 5.82. The number of hydrogen-bond donors (Lipinski definition) is 4. The lowest BCUT2D eigenvalue weighted by molar-refractivity contribution is -0.152. The molecule has 2 aliphatic carbocycles. The number of carbonyl (C=O) groups is 3. The van der Waals surface area contributed by atoms with E-state index >= 15 is 0 Å². The molecule has 0 bridgehead atoms. The number of nitrogens with two attached hydrogens (primary N) is 2. The molecule has 0 saturated heterocycles. The van der Waals surface area contributed by atoms with Gasteiger partial charge in [0.05, 0.1) is 11.8 Å². The van der Waals surface area contributed by atoms with Crippen molar-refractivity contribution in [3.8, 4) is 0 Å². The monoisotopic (exact) mass is 352 g/mol. The van der Waals surface area contributed by atoms with E-state index in [-0.39, 0.29) is 18.8 Å². The summed E-state index contributed by atoms with van der Waals surface area (Å²) in [6.45, 7) is 3.34. The van der Waals surface area contributed by atoms with Crippen LogP contribution in [0.25, 0.3) is 0 Å². The fraction of sp³-hybridized carbons (Fsp3) is 0.786. The molecule has 7 nitrogen and oxygen atoms in total. The molecule has 9 heteroatoms. The van der Waals surface area contributed by atoms with E-state index in [0.29, 0.717) is 6.42 Å². The predicted octanol–water partition coefficient (Wildman–Crippen LogP) is 0.397. The Morgan fingerprint density at radius 3 is 2.13 bits per heavy atom. The van der Waals surface area contributed by atoms with Crippen molar-refractivity contribution in [2.24, 2.45) is 40.6 Å². The molecule has 0 radical (unpaired) electrons. The van der Waals surface area contributed by atoms with Crippen molar-refractivity contribution in [2.75, 3.05) is 0 Å². The first-order valence-corrected chi connectivity index (χ1v) is 7.26. The van der Waals surface area contributed by atoms with Gasteiger partial charge in [0, 0.05) is 5.41 Å². The van der Waals surface area contributed by atoms with E-state index < -0.39 is 58.6 Å². The molecular formula is C14H22ClFN2O5. The van der Waals surface area contributed by atoms with Crippen LogP contribution in [0.3, 0.4) is 0 Å². The number of hydrogen-bond acceptors (Lipinski definition) is 4. The molecule has 132 valence electrons. The van der Waals surface area contributed by atoms with Gasteiger partial charge in [0.25, 0.3) is 0 Å². The summed E-state index contributed by atoms with van der Waals surface area (Å²) in [6.07, 6.45) is -1.57. The van der Waals surface area contributed by atoms with Crippen LogP contribution >= 0.6 is 12.4 Å². The van der Waals surface area contributed by atoms with Gasteiger partial charge in [0.15, 0.2) is 0 Å². The third-order valence-corrected chi connectivity index (χ3v) is 5.82. The highest BCUT2D eigenvalue weighted by Crippen LogP contribution is 2.76. The number of rotatable bonds is 6. The summed E-state index contributed by atoms with van der Waals surface area (Å²) in [5, 5.41) is 18.8. The molecule has 0 aromatic rings. The summed E-state index contributed by atoms with van der Waals surface area (Å²) >= 11 is 0. The Morgan fingerprint density at radius 1 is 1.30 bits per heavy atom. The van der Waals surface area contributed by atoms with Gasteiger partial charge < -0.3 is 21.7 Å². The molecule has 0 spiro atoms. The quantitative estimate of drug-likeness (QED) is 0.544. The molecule has 2 rings (SSSR count). The molecule has 2 aliphatic rings. The van der Waals surface area contributed by atoms with E-state index in [0.717, 1.165) is 0 Å². The van der Waals surface area contributed by atoms with Crippen LogP contribution in [0.5, 0.6) is 0 Å². The summed E-state index contributed by atoms with van der Waals surface area (Å²) in [6, 6.07) is 0. The van der Waals surface area contributed by atoms with Crippen LogP contribution in [0.1, 0.15) is 26.7 Å². The van der Waals surface area contributed by atoms with Gasteiger partial charge in [-0.1, -0.05) is 20.3 Å². The molecule has 1 amide bonds. The lowest BCUT2D eigenvalue weighted by Crippen LogP contribution is -2.66. The summed E-state index contributed by atoms with van der Waals surface area (Å²) < 4.78 is 14.2. The Kier molecular flexibility index (Phi) is 5.04. The second kappa shape index (κ2) is 5.90. The van der Waals surface area contributed by atoms with Crippen molar-refractivity contribution in [3.63, 3.8) is 0 Å². The Balaban J connectivity index is 0.00000264. The van der Waals surface area contributed by atoms with Crippen LogP contribution < -0.4 is 11.5 Å². The first-order chi connectivity index (χ1) is 10.1. The van der Waals surface area contributed by atoms with Gasteiger partial charge in [-0.15, -0.1) is 12.4 Å². The summed E-state index contributed by atoms with van der Waals surface area (Å²) in [7, 11) is 0. The Labute approximate surface area is 139 Å². The number of alkyl halides is 1. The zero-order chi connectivity index (χ0) is 17.0. The zero-order valence-corrected chi connectivity index (χ0v) is 13.7. The Morgan fingerprint density at radius 2 is 1.78 bits per heavy atom. The number of halogens is 2. The van der Waals surface area contributed by atoms with Crippen molar-refractivity contribution in [1.82, 2.24) is 0 Å². The number of primary amides is 1. The first kappa shape index (κ1) is 19.6. The fourth-order valence-corrected chi connectivity index (χ4v) is 4.68. The highest BCUT2D eigenvalue weighted by molar-refractivity contribution is 5.93. The van der Waals surface area contributed by atoms with E-state index in [1.165, 1.54) is 0 Å². The Hall–Kier alpha value is -1.41. The van der Waals surface area contributed by atoms with E-state index in [2.05, 4.69) is 0 Å². The van der Waals surface area contributed by atoms with E-state index in [1.807, 2.05) is 0 Å². The number of carboxylic acids is 2. The SMILES string of the molecule is CC[C@H](C)[C@@](N)(C(N)=O)[C@@]12C(C(=O)O)C(F)C[C@@H]1[C@@H]2C(=O)O.Cl. The third kappa shape index (κ3) is 2.15.